The predicted octanol–water partition coefficient (Wildman–Crippen LogP) is 3.26. The molecule has 0 radical (unpaired) electrons. The third-order valence-corrected chi connectivity index (χ3v) is 5.55. The number of imidazole rings is 1. The predicted molar refractivity (Wildman–Crippen MR) is 123 cm³/mol. The number of nitriles is 1. The molecule has 1 unspecified atom stereocenters. The van der Waals surface area contributed by atoms with E-state index >= 15 is 0 Å². The Hall–Kier alpha value is -3.77. The molecule has 1 aliphatic heterocycles. The number of hydrogen-bond acceptors (Lipinski definition) is 6. The number of hydrogen-bond donors (Lipinski definition) is 2. The third kappa shape index (κ3) is 5.18. The number of amides is 2. The van der Waals surface area contributed by atoms with Gasteiger partial charge in [-0.05, 0) is 43.5 Å². The summed E-state index contributed by atoms with van der Waals surface area (Å²) >= 11 is 0. The lowest BCUT2D eigenvalue weighted by Crippen LogP contribution is -2.24. The van der Waals surface area contributed by atoms with Crippen LogP contribution in [-0.4, -0.2) is 45.6 Å². The molecule has 0 saturated carbocycles. The molecule has 2 N–H and O–H groups in total. The SMILES string of the molecule is CCCCNC(=O)c1cnc2c(c1)nc(NC(=O)c1cccc(C#N)c1)n2CC1CCCO1. The van der Waals surface area contributed by atoms with Crippen LogP contribution < -0.4 is 10.6 Å². The highest BCUT2D eigenvalue weighted by Crippen LogP contribution is 2.23. The number of rotatable bonds is 8. The lowest BCUT2D eigenvalue weighted by Gasteiger charge is -2.14. The zero-order valence-corrected chi connectivity index (χ0v) is 18.5. The second kappa shape index (κ2) is 10.2. The van der Waals surface area contributed by atoms with Crippen LogP contribution in [0.15, 0.2) is 36.5 Å². The van der Waals surface area contributed by atoms with Gasteiger partial charge >= 0.3 is 0 Å². The van der Waals surface area contributed by atoms with Gasteiger partial charge in [-0.2, -0.15) is 5.26 Å². The molecule has 2 aromatic heterocycles. The van der Waals surface area contributed by atoms with E-state index in [2.05, 4.69) is 27.5 Å². The Balaban J connectivity index is 1.64. The van der Waals surface area contributed by atoms with E-state index in [0.29, 0.717) is 53.5 Å². The number of unbranched alkanes of at least 4 members (excludes halogenated alkanes) is 1. The lowest BCUT2D eigenvalue weighted by molar-refractivity contribution is 0.0951. The second-order valence-electron chi connectivity index (χ2n) is 8.00. The van der Waals surface area contributed by atoms with Crippen molar-refractivity contribution in [2.24, 2.45) is 0 Å². The van der Waals surface area contributed by atoms with Gasteiger partial charge in [0.05, 0.1) is 29.8 Å². The lowest BCUT2D eigenvalue weighted by atomic mass is 10.1. The van der Waals surface area contributed by atoms with Crippen LogP contribution in [0.4, 0.5) is 5.95 Å². The fourth-order valence-corrected chi connectivity index (χ4v) is 3.78. The smallest absolute Gasteiger partial charge is 0.258 e. The summed E-state index contributed by atoms with van der Waals surface area (Å²) in [5, 5.41) is 14.8. The highest BCUT2D eigenvalue weighted by molar-refractivity contribution is 6.04. The van der Waals surface area contributed by atoms with Gasteiger partial charge in [-0.1, -0.05) is 19.4 Å². The average molecular weight is 447 g/mol. The number of nitrogens with zero attached hydrogens (tertiary/aromatic N) is 4. The molecule has 1 fully saturated rings. The van der Waals surface area contributed by atoms with Crippen molar-refractivity contribution in [3.8, 4) is 6.07 Å². The highest BCUT2D eigenvalue weighted by atomic mass is 16.5. The molecule has 9 nitrogen and oxygen atoms in total. The molecule has 3 heterocycles. The summed E-state index contributed by atoms with van der Waals surface area (Å²) in [7, 11) is 0. The van der Waals surface area contributed by atoms with E-state index < -0.39 is 0 Å². The molecule has 0 bridgehead atoms. The summed E-state index contributed by atoms with van der Waals surface area (Å²) in [5.41, 5.74) is 2.25. The van der Waals surface area contributed by atoms with Crippen molar-refractivity contribution in [2.75, 3.05) is 18.5 Å². The minimum Gasteiger partial charge on any atom is -0.376 e. The molecule has 4 rings (SSSR count). The topological polar surface area (TPSA) is 122 Å². The van der Waals surface area contributed by atoms with Gasteiger partial charge < -0.3 is 10.1 Å². The van der Waals surface area contributed by atoms with E-state index in [0.717, 1.165) is 25.7 Å². The molecule has 170 valence electrons. The first-order valence-corrected chi connectivity index (χ1v) is 11.2. The van der Waals surface area contributed by atoms with Gasteiger partial charge in [0, 0.05) is 24.9 Å². The van der Waals surface area contributed by atoms with E-state index in [1.54, 1.807) is 24.3 Å². The number of pyridine rings is 1. The minimum absolute atomic E-state index is 0.00112. The fraction of sp³-hybridized carbons (Fsp3) is 0.375. The third-order valence-electron chi connectivity index (χ3n) is 5.55. The maximum absolute atomic E-state index is 12.9. The number of fused-ring (bicyclic) bond motifs is 1. The van der Waals surface area contributed by atoms with Crippen molar-refractivity contribution in [1.82, 2.24) is 19.9 Å². The molecule has 33 heavy (non-hydrogen) atoms. The summed E-state index contributed by atoms with van der Waals surface area (Å²) < 4.78 is 7.59. The Morgan fingerprint density at radius 3 is 2.91 bits per heavy atom. The molecule has 2 amide bonds. The number of nitrogens with one attached hydrogen (secondary N) is 2. The van der Waals surface area contributed by atoms with Gasteiger partial charge in [-0.3, -0.25) is 19.5 Å². The maximum atomic E-state index is 12.9. The summed E-state index contributed by atoms with van der Waals surface area (Å²) in [4.78, 5) is 34.4. The standard InChI is InChI=1S/C24H26N6O3/c1-2-3-9-26-22(31)18-12-20-21(27-14-18)30(15-19-8-5-10-33-19)24(28-20)29-23(32)17-7-4-6-16(11-17)13-25/h4,6-7,11-12,14,19H,2-3,5,8-10,15H2,1H3,(H,26,31)(H,28,29,32). The molecule has 1 aromatic carbocycles. The van der Waals surface area contributed by atoms with E-state index in [1.165, 1.54) is 12.3 Å². The van der Waals surface area contributed by atoms with Gasteiger partial charge in [-0.15, -0.1) is 0 Å². The molecule has 9 heteroatoms. The number of ether oxygens (including phenoxy) is 1. The summed E-state index contributed by atoms with van der Waals surface area (Å²) in [5.74, 6) is -0.261. The number of benzene rings is 1. The molecule has 1 saturated heterocycles. The molecule has 1 atom stereocenters. The van der Waals surface area contributed by atoms with Gasteiger partial charge in [0.2, 0.25) is 5.95 Å². The van der Waals surface area contributed by atoms with Crippen LogP contribution in [0.5, 0.6) is 0 Å². The van der Waals surface area contributed by atoms with Crippen molar-refractivity contribution in [3.05, 3.63) is 53.2 Å². The molecule has 1 aliphatic rings. The van der Waals surface area contributed by atoms with Crippen LogP contribution in [0, 0.1) is 11.3 Å². The second-order valence-corrected chi connectivity index (χ2v) is 8.00. The van der Waals surface area contributed by atoms with Gasteiger partial charge in [-0.25, -0.2) is 9.97 Å². The minimum atomic E-state index is -0.381. The van der Waals surface area contributed by atoms with Crippen LogP contribution in [0.1, 0.15) is 58.9 Å². The van der Waals surface area contributed by atoms with E-state index in [1.807, 2.05) is 10.6 Å². The molecule has 0 spiro atoms. The van der Waals surface area contributed by atoms with Crippen LogP contribution >= 0.6 is 0 Å². The Morgan fingerprint density at radius 1 is 1.27 bits per heavy atom. The Bertz CT molecular complexity index is 1210. The first kappa shape index (κ1) is 22.4. The van der Waals surface area contributed by atoms with Crippen LogP contribution in [0.25, 0.3) is 11.2 Å². The summed E-state index contributed by atoms with van der Waals surface area (Å²) in [6, 6.07) is 10.2. The molecular formula is C24H26N6O3. The molecular weight excluding hydrogens is 420 g/mol. The van der Waals surface area contributed by atoms with Crippen molar-refractivity contribution in [2.45, 2.75) is 45.3 Å². The van der Waals surface area contributed by atoms with Gasteiger partial charge in [0.25, 0.3) is 11.8 Å². The van der Waals surface area contributed by atoms with Crippen molar-refractivity contribution in [1.29, 1.82) is 5.26 Å². The van der Waals surface area contributed by atoms with Crippen LogP contribution in [-0.2, 0) is 11.3 Å². The molecule has 3 aromatic rings. The van der Waals surface area contributed by atoms with Crippen molar-refractivity contribution >= 4 is 28.9 Å². The average Bonchev–Trinajstić information content (AvgIpc) is 3.47. The van der Waals surface area contributed by atoms with Crippen molar-refractivity contribution < 1.29 is 14.3 Å². The van der Waals surface area contributed by atoms with Gasteiger partial charge in [0.15, 0.2) is 5.65 Å². The quantitative estimate of drug-likeness (QED) is 0.512. The normalized spacial score (nSPS) is 15.3. The zero-order valence-electron chi connectivity index (χ0n) is 18.5. The number of anilines is 1. The number of carbonyl (C=O) groups excluding carboxylic acids is 2. The van der Waals surface area contributed by atoms with Gasteiger partial charge in [0.1, 0.15) is 5.52 Å². The number of carbonyl (C=O) groups is 2. The fourth-order valence-electron chi connectivity index (χ4n) is 3.78. The largest absolute Gasteiger partial charge is 0.376 e. The highest BCUT2D eigenvalue weighted by Gasteiger charge is 2.22. The Labute approximate surface area is 191 Å². The first-order chi connectivity index (χ1) is 16.1. The number of aromatic nitrogens is 3. The van der Waals surface area contributed by atoms with Crippen LogP contribution in [0.2, 0.25) is 0 Å². The maximum Gasteiger partial charge on any atom is 0.258 e. The zero-order chi connectivity index (χ0) is 23.2. The van der Waals surface area contributed by atoms with Crippen molar-refractivity contribution in [3.63, 3.8) is 0 Å². The first-order valence-electron chi connectivity index (χ1n) is 11.2. The molecule has 0 aliphatic carbocycles. The summed E-state index contributed by atoms with van der Waals surface area (Å²) in [6.45, 7) is 3.85. The Morgan fingerprint density at radius 2 is 2.15 bits per heavy atom. The van der Waals surface area contributed by atoms with E-state index in [-0.39, 0.29) is 17.9 Å². The monoisotopic (exact) mass is 446 g/mol. The van der Waals surface area contributed by atoms with E-state index in [4.69, 9.17) is 10.00 Å². The van der Waals surface area contributed by atoms with Crippen LogP contribution in [0.3, 0.4) is 0 Å². The Kier molecular flexibility index (Phi) is 6.95. The van der Waals surface area contributed by atoms with E-state index in [9.17, 15) is 9.59 Å². The summed E-state index contributed by atoms with van der Waals surface area (Å²) in [6.07, 6.45) is 5.31.